The topological polar surface area (TPSA) is 12.9 Å². The number of benzene rings is 1. The van der Waals surface area contributed by atoms with Crippen LogP contribution in [0.3, 0.4) is 0 Å². The maximum absolute atomic E-state index is 5.98. The molecule has 2 rings (SSSR count). The summed E-state index contributed by atoms with van der Waals surface area (Å²) < 4.78 is 0. The van der Waals surface area contributed by atoms with Gasteiger partial charge in [0.1, 0.15) is 0 Å². The first kappa shape index (κ1) is 12.6. The lowest BCUT2D eigenvalue weighted by atomic mass is 10.1. The summed E-state index contributed by atoms with van der Waals surface area (Å²) >= 11 is 9.65. The van der Waals surface area contributed by atoms with Crippen LogP contribution >= 0.6 is 27.5 Å². The Morgan fingerprint density at radius 2 is 2.12 bits per heavy atom. The molecule has 0 spiro atoms. The molecule has 0 aliphatic heterocycles. The van der Waals surface area contributed by atoms with Crippen molar-refractivity contribution in [3.8, 4) is 0 Å². The van der Waals surface area contributed by atoms with Crippen LogP contribution in [0.1, 0.15) is 21.6 Å². The Balaban J connectivity index is 2.11. The van der Waals surface area contributed by atoms with E-state index in [1.165, 1.54) is 11.1 Å². The molecule has 1 aromatic carbocycles. The van der Waals surface area contributed by atoms with Gasteiger partial charge in [-0.2, -0.15) is 0 Å². The van der Waals surface area contributed by atoms with E-state index < -0.39 is 0 Å². The summed E-state index contributed by atoms with van der Waals surface area (Å²) in [5.41, 5.74) is 3.44. The predicted octanol–water partition coefficient (Wildman–Crippen LogP) is 4.72. The van der Waals surface area contributed by atoms with Crippen LogP contribution in [0, 0.1) is 6.92 Å². The summed E-state index contributed by atoms with van der Waals surface area (Å²) in [5, 5.41) is 0.767. The molecule has 17 heavy (non-hydrogen) atoms. The highest BCUT2D eigenvalue weighted by atomic mass is 79.9. The fourth-order valence-electron chi connectivity index (χ4n) is 1.62. The fourth-order valence-corrected chi connectivity index (χ4v) is 2.44. The smallest absolute Gasteiger partial charge is 0.0451 e. The number of hydrogen-bond acceptors (Lipinski definition) is 1. The quantitative estimate of drug-likeness (QED) is 0.747. The van der Waals surface area contributed by atoms with Gasteiger partial charge in [-0.1, -0.05) is 45.7 Å². The van der Waals surface area contributed by atoms with Gasteiger partial charge >= 0.3 is 0 Å². The standard InChI is InChI=1S/C14H13BrClN/c1-10-5-6-13(17-9-10)8-14(15)11-3-2-4-12(16)7-11/h2-7,9,14H,8H2,1H3. The molecule has 3 heteroatoms. The Kier molecular flexibility index (Phi) is 4.19. The summed E-state index contributed by atoms with van der Waals surface area (Å²) in [5.74, 6) is 0. The molecule has 1 heterocycles. The average Bonchev–Trinajstić information content (AvgIpc) is 2.32. The minimum Gasteiger partial charge on any atom is -0.261 e. The number of pyridine rings is 1. The number of hydrogen-bond donors (Lipinski definition) is 0. The first-order valence-corrected chi connectivity index (χ1v) is 6.75. The lowest BCUT2D eigenvalue weighted by Gasteiger charge is -2.10. The van der Waals surface area contributed by atoms with E-state index in [4.69, 9.17) is 11.6 Å². The summed E-state index contributed by atoms with van der Waals surface area (Å²) in [6.45, 7) is 2.04. The maximum Gasteiger partial charge on any atom is 0.0451 e. The fraction of sp³-hybridized carbons (Fsp3) is 0.214. The van der Waals surface area contributed by atoms with E-state index >= 15 is 0 Å². The van der Waals surface area contributed by atoms with Crippen molar-refractivity contribution in [1.29, 1.82) is 0 Å². The van der Waals surface area contributed by atoms with Crippen molar-refractivity contribution in [3.05, 3.63) is 64.4 Å². The minimum atomic E-state index is 0.247. The van der Waals surface area contributed by atoms with E-state index in [0.29, 0.717) is 0 Å². The molecule has 0 bridgehead atoms. The largest absolute Gasteiger partial charge is 0.261 e. The molecular weight excluding hydrogens is 298 g/mol. The molecule has 0 saturated heterocycles. The number of alkyl halides is 1. The molecule has 0 saturated carbocycles. The van der Waals surface area contributed by atoms with Crippen LogP contribution in [0.15, 0.2) is 42.6 Å². The van der Waals surface area contributed by atoms with Crippen molar-refractivity contribution < 1.29 is 0 Å². The van der Waals surface area contributed by atoms with Gasteiger partial charge in [0.15, 0.2) is 0 Å². The van der Waals surface area contributed by atoms with Gasteiger partial charge in [0, 0.05) is 28.2 Å². The van der Waals surface area contributed by atoms with Gasteiger partial charge in [0.05, 0.1) is 0 Å². The van der Waals surface area contributed by atoms with Crippen LogP contribution in [-0.2, 0) is 6.42 Å². The van der Waals surface area contributed by atoms with Gasteiger partial charge in [-0.25, -0.2) is 0 Å². The first-order chi connectivity index (χ1) is 8.15. The number of aromatic nitrogens is 1. The number of aryl methyl sites for hydroxylation is 1. The Labute approximate surface area is 115 Å². The van der Waals surface area contributed by atoms with Crippen LogP contribution in [0.25, 0.3) is 0 Å². The van der Waals surface area contributed by atoms with Crippen molar-refractivity contribution in [2.45, 2.75) is 18.2 Å². The Morgan fingerprint density at radius 3 is 2.76 bits per heavy atom. The molecule has 1 nitrogen and oxygen atoms in total. The van der Waals surface area contributed by atoms with Crippen molar-refractivity contribution in [3.63, 3.8) is 0 Å². The van der Waals surface area contributed by atoms with Gasteiger partial charge in [0.25, 0.3) is 0 Å². The average molecular weight is 311 g/mol. The van der Waals surface area contributed by atoms with Crippen LogP contribution in [0.2, 0.25) is 5.02 Å². The monoisotopic (exact) mass is 309 g/mol. The van der Waals surface area contributed by atoms with Crippen molar-refractivity contribution >= 4 is 27.5 Å². The second kappa shape index (κ2) is 5.65. The highest BCUT2D eigenvalue weighted by Gasteiger charge is 2.09. The highest BCUT2D eigenvalue weighted by Crippen LogP contribution is 2.28. The third-order valence-corrected chi connectivity index (χ3v) is 3.66. The molecular formula is C14H13BrClN. The van der Waals surface area contributed by atoms with Crippen molar-refractivity contribution in [2.75, 3.05) is 0 Å². The third-order valence-electron chi connectivity index (χ3n) is 2.57. The summed E-state index contributed by atoms with van der Waals surface area (Å²) in [6, 6.07) is 12.0. The predicted molar refractivity (Wildman–Crippen MR) is 75.8 cm³/mol. The van der Waals surface area contributed by atoms with Crippen LogP contribution in [0.4, 0.5) is 0 Å². The molecule has 0 N–H and O–H groups in total. The Morgan fingerprint density at radius 1 is 1.29 bits per heavy atom. The highest BCUT2D eigenvalue weighted by molar-refractivity contribution is 9.09. The number of nitrogens with zero attached hydrogens (tertiary/aromatic N) is 1. The van der Waals surface area contributed by atoms with E-state index in [1.54, 1.807) is 0 Å². The minimum absolute atomic E-state index is 0.247. The first-order valence-electron chi connectivity index (χ1n) is 5.46. The number of rotatable bonds is 3. The van der Waals surface area contributed by atoms with Gasteiger partial charge in [-0.3, -0.25) is 4.98 Å². The van der Waals surface area contributed by atoms with Gasteiger partial charge in [0.2, 0.25) is 0 Å². The van der Waals surface area contributed by atoms with Gasteiger partial charge in [-0.15, -0.1) is 0 Å². The van der Waals surface area contributed by atoms with Crippen molar-refractivity contribution in [2.24, 2.45) is 0 Å². The zero-order valence-corrected chi connectivity index (χ0v) is 11.9. The van der Waals surface area contributed by atoms with Gasteiger partial charge in [-0.05, 0) is 36.2 Å². The Hall–Kier alpha value is -0.860. The zero-order valence-electron chi connectivity index (χ0n) is 9.53. The zero-order chi connectivity index (χ0) is 12.3. The molecule has 0 radical (unpaired) electrons. The summed E-state index contributed by atoms with van der Waals surface area (Å²) in [4.78, 5) is 4.65. The molecule has 0 amide bonds. The molecule has 0 fully saturated rings. The lowest BCUT2D eigenvalue weighted by Crippen LogP contribution is -1.97. The molecule has 2 aromatic rings. The van der Waals surface area contributed by atoms with E-state index in [0.717, 1.165) is 17.1 Å². The second-order valence-electron chi connectivity index (χ2n) is 4.05. The summed E-state index contributed by atoms with van der Waals surface area (Å²) in [7, 11) is 0. The molecule has 0 aliphatic rings. The van der Waals surface area contributed by atoms with Crippen LogP contribution < -0.4 is 0 Å². The molecule has 1 unspecified atom stereocenters. The van der Waals surface area contributed by atoms with Crippen molar-refractivity contribution in [1.82, 2.24) is 4.98 Å². The van der Waals surface area contributed by atoms with E-state index in [2.05, 4.69) is 39.1 Å². The van der Waals surface area contributed by atoms with Crippen LogP contribution in [-0.4, -0.2) is 4.98 Å². The third kappa shape index (κ3) is 3.55. The Bertz CT molecular complexity index is 496. The molecule has 1 aromatic heterocycles. The van der Waals surface area contributed by atoms with E-state index in [-0.39, 0.29) is 4.83 Å². The normalized spacial score (nSPS) is 12.4. The van der Waals surface area contributed by atoms with E-state index in [1.807, 2.05) is 31.3 Å². The number of halogens is 2. The summed E-state index contributed by atoms with van der Waals surface area (Å²) in [6.07, 6.45) is 2.76. The molecule has 1 atom stereocenters. The van der Waals surface area contributed by atoms with Gasteiger partial charge < -0.3 is 0 Å². The lowest BCUT2D eigenvalue weighted by molar-refractivity contribution is 0.902. The molecule has 0 aliphatic carbocycles. The van der Waals surface area contributed by atoms with Crippen LogP contribution in [0.5, 0.6) is 0 Å². The molecule has 88 valence electrons. The maximum atomic E-state index is 5.98. The second-order valence-corrected chi connectivity index (χ2v) is 5.60. The SMILES string of the molecule is Cc1ccc(CC(Br)c2cccc(Cl)c2)nc1. The van der Waals surface area contributed by atoms with E-state index in [9.17, 15) is 0 Å².